The zero-order chi connectivity index (χ0) is 17.5. The van der Waals surface area contributed by atoms with Crippen LogP contribution in [0.2, 0.25) is 0 Å². The maximum Gasteiger partial charge on any atom is 0.147 e. The first-order chi connectivity index (χ1) is 12.8. The molecule has 138 valence electrons. The van der Waals surface area contributed by atoms with Crippen molar-refractivity contribution in [3.63, 3.8) is 0 Å². The Hall–Kier alpha value is -1.99. The molecule has 2 saturated heterocycles. The van der Waals surface area contributed by atoms with Crippen LogP contribution in [0, 0.1) is 5.82 Å². The van der Waals surface area contributed by atoms with E-state index in [2.05, 4.69) is 29.5 Å². The second kappa shape index (κ2) is 6.63. The number of anilines is 1. The fraction of sp³-hybridized carbons (Fsp3) is 0.579. The van der Waals surface area contributed by atoms with E-state index in [0.29, 0.717) is 6.04 Å². The van der Waals surface area contributed by atoms with Crippen molar-refractivity contribution in [3.05, 3.63) is 41.7 Å². The van der Waals surface area contributed by atoms with Crippen LogP contribution in [-0.2, 0) is 19.5 Å². The summed E-state index contributed by atoms with van der Waals surface area (Å²) in [6, 6.07) is 7.52. The number of likely N-dealkylation sites (tertiary alicyclic amines) is 1. The summed E-state index contributed by atoms with van der Waals surface area (Å²) in [5.41, 5.74) is 1.13. The summed E-state index contributed by atoms with van der Waals surface area (Å²) < 4.78 is 15.4. The van der Waals surface area contributed by atoms with Gasteiger partial charge in [-0.2, -0.15) is 0 Å². The molecule has 1 aromatic carbocycles. The minimum Gasteiger partial charge on any atom is -0.369 e. The molecule has 6 nitrogen and oxygen atoms in total. The van der Waals surface area contributed by atoms with Crippen molar-refractivity contribution in [2.24, 2.45) is 0 Å². The minimum atomic E-state index is -0.166. The maximum absolute atomic E-state index is 13.1. The number of piperazine rings is 1. The van der Waals surface area contributed by atoms with E-state index in [1.165, 1.54) is 6.42 Å². The lowest BCUT2D eigenvalue weighted by atomic mass is 10.1. The molecule has 0 bridgehead atoms. The first-order valence-corrected chi connectivity index (χ1v) is 9.64. The van der Waals surface area contributed by atoms with Gasteiger partial charge in [0.05, 0.1) is 6.54 Å². The SMILES string of the molecule is Fc1ccc(N2CCN(C3CN(Cc4nnc5n4CCC5)C3)CC2)cc1. The zero-order valence-electron chi connectivity index (χ0n) is 15.0. The van der Waals surface area contributed by atoms with E-state index >= 15 is 0 Å². The monoisotopic (exact) mass is 356 g/mol. The van der Waals surface area contributed by atoms with Gasteiger partial charge in [-0.3, -0.25) is 9.80 Å². The topological polar surface area (TPSA) is 40.4 Å². The number of benzene rings is 1. The minimum absolute atomic E-state index is 0.166. The highest BCUT2D eigenvalue weighted by Gasteiger charge is 2.34. The first kappa shape index (κ1) is 16.2. The van der Waals surface area contributed by atoms with Crippen LogP contribution in [0.3, 0.4) is 0 Å². The lowest BCUT2D eigenvalue weighted by Crippen LogP contribution is -2.62. The quantitative estimate of drug-likeness (QED) is 0.828. The van der Waals surface area contributed by atoms with Gasteiger partial charge in [0.25, 0.3) is 0 Å². The number of hydrogen-bond donors (Lipinski definition) is 0. The van der Waals surface area contributed by atoms with E-state index in [4.69, 9.17) is 0 Å². The third-order valence-corrected chi connectivity index (χ3v) is 6.01. The highest BCUT2D eigenvalue weighted by molar-refractivity contribution is 5.46. The Balaban J connectivity index is 1.10. The van der Waals surface area contributed by atoms with Gasteiger partial charge in [0.15, 0.2) is 0 Å². The third-order valence-electron chi connectivity index (χ3n) is 6.01. The Morgan fingerprint density at radius 1 is 0.962 bits per heavy atom. The summed E-state index contributed by atoms with van der Waals surface area (Å²) in [4.78, 5) is 7.43. The lowest BCUT2D eigenvalue weighted by Gasteiger charge is -2.48. The second-order valence-corrected chi connectivity index (χ2v) is 7.63. The number of aromatic nitrogens is 3. The maximum atomic E-state index is 13.1. The summed E-state index contributed by atoms with van der Waals surface area (Å²) in [7, 11) is 0. The molecule has 0 radical (unpaired) electrons. The van der Waals surface area contributed by atoms with E-state index in [9.17, 15) is 4.39 Å². The smallest absolute Gasteiger partial charge is 0.147 e. The number of halogens is 1. The zero-order valence-corrected chi connectivity index (χ0v) is 15.0. The number of aryl methyl sites for hydroxylation is 1. The molecule has 3 aliphatic rings. The fourth-order valence-electron chi connectivity index (χ4n) is 4.43. The van der Waals surface area contributed by atoms with Crippen LogP contribution >= 0.6 is 0 Å². The standard InChI is InChI=1S/C19H25FN6/c20-15-3-5-16(6-4-15)24-8-10-25(11-9-24)17-12-23(13-17)14-19-22-21-18-2-1-7-26(18)19/h3-6,17H,1-2,7-14H2. The molecule has 4 heterocycles. The average Bonchev–Trinajstić information content (AvgIpc) is 3.23. The van der Waals surface area contributed by atoms with Crippen LogP contribution < -0.4 is 4.90 Å². The van der Waals surface area contributed by atoms with Gasteiger partial charge in [-0.1, -0.05) is 0 Å². The number of nitrogens with zero attached hydrogens (tertiary/aromatic N) is 6. The van der Waals surface area contributed by atoms with Gasteiger partial charge in [0.1, 0.15) is 17.5 Å². The van der Waals surface area contributed by atoms with Crippen molar-refractivity contribution in [1.82, 2.24) is 24.6 Å². The normalized spacial score (nSPS) is 21.8. The van der Waals surface area contributed by atoms with Crippen molar-refractivity contribution in [1.29, 1.82) is 0 Å². The number of hydrogen-bond acceptors (Lipinski definition) is 5. The molecule has 0 amide bonds. The van der Waals surface area contributed by atoms with Gasteiger partial charge >= 0.3 is 0 Å². The molecule has 26 heavy (non-hydrogen) atoms. The van der Waals surface area contributed by atoms with E-state index < -0.39 is 0 Å². The van der Waals surface area contributed by atoms with Crippen LogP contribution in [0.4, 0.5) is 10.1 Å². The van der Waals surface area contributed by atoms with Crippen LogP contribution in [0.15, 0.2) is 24.3 Å². The van der Waals surface area contributed by atoms with E-state index in [0.717, 1.165) is 76.1 Å². The van der Waals surface area contributed by atoms with Gasteiger partial charge < -0.3 is 9.47 Å². The van der Waals surface area contributed by atoms with Gasteiger partial charge in [-0.05, 0) is 30.7 Å². The molecule has 2 aromatic rings. The molecular formula is C19H25FN6. The Morgan fingerprint density at radius 2 is 1.73 bits per heavy atom. The van der Waals surface area contributed by atoms with Gasteiger partial charge in [0, 0.05) is 64.0 Å². The Morgan fingerprint density at radius 3 is 2.50 bits per heavy atom. The highest BCUT2D eigenvalue weighted by Crippen LogP contribution is 2.23. The molecule has 0 unspecified atom stereocenters. The Bertz CT molecular complexity index is 759. The summed E-state index contributed by atoms with van der Waals surface area (Å²) in [5, 5.41) is 8.68. The highest BCUT2D eigenvalue weighted by atomic mass is 19.1. The molecular weight excluding hydrogens is 331 g/mol. The van der Waals surface area contributed by atoms with Crippen molar-refractivity contribution in [3.8, 4) is 0 Å². The largest absolute Gasteiger partial charge is 0.369 e. The molecule has 3 aliphatic heterocycles. The van der Waals surface area contributed by atoms with E-state index in [1.54, 1.807) is 12.1 Å². The molecule has 5 rings (SSSR count). The molecule has 1 aromatic heterocycles. The van der Waals surface area contributed by atoms with Crippen LogP contribution in [0.5, 0.6) is 0 Å². The fourth-order valence-corrected chi connectivity index (χ4v) is 4.43. The molecule has 0 spiro atoms. The van der Waals surface area contributed by atoms with Gasteiger partial charge in [-0.15, -0.1) is 10.2 Å². The molecule has 7 heteroatoms. The summed E-state index contributed by atoms with van der Waals surface area (Å²) in [6.07, 6.45) is 2.28. The molecule has 0 atom stereocenters. The molecule has 0 N–H and O–H groups in total. The van der Waals surface area contributed by atoms with Crippen molar-refractivity contribution in [2.75, 3.05) is 44.2 Å². The first-order valence-electron chi connectivity index (χ1n) is 9.64. The number of rotatable bonds is 4. The lowest BCUT2D eigenvalue weighted by molar-refractivity contribution is 0.0234. The Labute approximate surface area is 153 Å². The predicted octanol–water partition coefficient (Wildman–Crippen LogP) is 1.37. The van der Waals surface area contributed by atoms with Gasteiger partial charge in [0.2, 0.25) is 0 Å². The van der Waals surface area contributed by atoms with E-state index in [1.807, 2.05) is 12.1 Å². The van der Waals surface area contributed by atoms with Crippen LogP contribution in [-0.4, -0.2) is 69.9 Å². The summed E-state index contributed by atoms with van der Waals surface area (Å²) in [6.45, 7) is 8.45. The van der Waals surface area contributed by atoms with Crippen molar-refractivity contribution < 1.29 is 4.39 Å². The van der Waals surface area contributed by atoms with Crippen molar-refractivity contribution >= 4 is 5.69 Å². The second-order valence-electron chi connectivity index (χ2n) is 7.63. The van der Waals surface area contributed by atoms with Gasteiger partial charge in [-0.25, -0.2) is 4.39 Å². The van der Waals surface area contributed by atoms with E-state index in [-0.39, 0.29) is 5.82 Å². The molecule has 2 fully saturated rings. The number of fused-ring (bicyclic) bond motifs is 1. The van der Waals surface area contributed by atoms with Crippen LogP contribution in [0.1, 0.15) is 18.1 Å². The van der Waals surface area contributed by atoms with Crippen LogP contribution in [0.25, 0.3) is 0 Å². The van der Waals surface area contributed by atoms with Crippen molar-refractivity contribution in [2.45, 2.75) is 32.0 Å². The average molecular weight is 356 g/mol. The predicted molar refractivity (Wildman–Crippen MR) is 97.6 cm³/mol. The Kier molecular flexibility index (Phi) is 4.13. The summed E-state index contributed by atoms with van der Waals surface area (Å²) in [5.74, 6) is 2.13. The third kappa shape index (κ3) is 2.99. The molecule has 0 saturated carbocycles. The summed E-state index contributed by atoms with van der Waals surface area (Å²) >= 11 is 0. The molecule has 0 aliphatic carbocycles.